The highest BCUT2D eigenvalue weighted by Gasteiger charge is 2.36. The highest BCUT2D eigenvalue weighted by molar-refractivity contribution is 7.91. The second-order valence-electron chi connectivity index (χ2n) is 5.80. The van der Waals surface area contributed by atoms with Gasteiger partial charge in [-0.3, -0.25) is 4.79 Å². The second-order valence-corrected chi connectivity index (χ2v) is 8.07. The number of aryl methyl sites for hydroxylation is 1. The Kier molecular flexibility index (Phi) is 5.08. The van der Waals surface area contributed by atoms with Gasteiger partial charge in [0.2, 0.25) is 5.91 Å². The van der Waals surface area contributed by atoms with Crippen LogP contribution < -0.4 is 0 Å². The quantitative estimate of drug-likeness (QED) is 0.834. The maximum Gasteiger partial charge on any atom is 0.223 e. The summed E-state index contributed by atoms with van der Waals surface area (Å²) in [6.45, 7) is 0. The van der Waals surface area contributed by atoms with Crippen molar-refractivity contribution in [3.05, 3.63) is 24.2 Å². The van der Waals surface area contributed by atoms with Crippen LogP contribution in [0.5, 0.6) is 0 Å². The zero-order chi connectivity index (χ0) is 15.5. The Labute approximate surface area is 126 Å². The molecular formula is C15H23NO4S. The van der Waals surface area contributed by atoms with Crippen LogP contribution in [-0.4, -0.2) is 43.8 Å². The van der Waals surface area contributed by atoms with Gasteiger partial charge < -0.3 is 9.32 Å². The van der Waals surface area contributed by atoms with Crippen molar-refractivity contribution in [1.82, 2.24) is 4.90 Å². The molecule has 1 fully saturated rings. The standard InChI is InChI=1S/C15H23NO4S/c1-16(15(17)10-9-12-6-5-11-20-12)13-7-3-4-8-14(13)21(2,18)19/h5-6,11,13-14H,3-4,7-10H2,1-2H3/t13-,14+/m0/s1. The third-order valence-electron chi connectivity index (χ3n) is 4.27. The van der Waals surface area contributed by atoms with Gasteiger partial charge in [-0.15, -0.1) is 0 Å². The van der Waals surface area contributed by atoms with Crippen molar-refractivity contribution in [2.24, 2.45) is 0 Å². The fourth-order valence-corrected chi connectivity index (χ4v) is 4.55. The Hall–Kier alpha value is -1.30. The molecule has 2 rings (SSSR count). The summed E-state index contributed by atoms with van der Waals surface area (Å²) in [5.74, 6) is 0.756. The van der Waals surface area contributed by atoms with Crippen molar-refractivity contribution >= 4 is 15.7 Å². The van der Waals surface area contributed by atoms with E-state index in [1.807, 2.05) is 6.07 Å². The Balaban J connectivity index is 1.99. The maximum atomic E-state index is 12.3. The van der Waals surface area contributed by atoms with Gasteiger partial charge >= 0.3 is 0 Å². The average molecular weight is 313 g/mol. The van der Waals surface area contributed by atoms with Crippen LogP contribution >= 0.6 is 0 Å². The van der Waals surface area contributed by atoms with E-state index in [2.05, 4.69) is 0 Å². The molecule has 0 spiro atoms. The molecule has 5 nitrogen and oxygen atoms in total. The van der Waals surface area contributed by atoms with E-state index in [9.17, 15) is 13.2 Å². The van der Waals surface area contributed by atoms with E-state index in [0.29, 0.717) is 19.3 Å². The van der Waals surface area contributed by atoms with Crippen LogP contribution in [0.3, 0.4) is 0 Å². The number of hydrogen-bond acceptors (Lipinski definition) is 4. The van der Waals surface area contributed by atoms with Gasteiger partial charge in [0.15, 0.2) is 9.84 Å². The topological polar surface area (TPSA) is 67.6 Å². The second kappa shape index (κ2) is 6.64. The molecule has 1 amide bonds. The molecule has 1 heterocycles. The van der Waals surface area contributed by atoms with Gasteiger partial charge in [0.25, 0.3) is 0 Å². The van der Waals surface area contributed by atoms with Gasteiger partial charge in [-0.1, -0.05) is 12.8 Å². The van der Waals surface area contributed by atoms with Crippen molar-refractivity contribution in [3.63, 3.8) is 0 Å². The zero-order valence-electron chi connectivity index (χ0n) is 12.6. The van der Waals surface area contributed by atoms with E-state index in [0.717, 1.165) is 25.0 Å². The minimum Gasteiger partial charge on any atom is -0.469 e. The van der Waals surface area contributed by atoms with Crippen LogP contribution in [0.15, 0.2) is 22.8 Å². The van der Waals surface area contributed by atoms with Crippen LogP contribution in [-0.2, 0) is 21.1 Å². The molecule has 1 aromatic heterocycles. The summed E-state index contributed by atoms with van der Waals surface area (Å²) in [6, 6.07) is 3.44. The highest BCUT2D eigenvalue weighted by Crippen LogP contribution is 2.27. The predicted molar refractivity (Wildman–Crippen MR) is 80.7 cm³/mol. The maximum absolute atomic E-state index is 12.3. The first-order chi connectivity index (χ1) is 9.89. The SMILES string of the molecule is CN(C(=O)CCc1ccco1)[C@H]1CCCC[C@H]1S(C)(=O)=O. The van der Waals surface area contributed by atoms with E-state index < -0.39 is 15.1 Å². The third-order valence-corrected chi connectivity index (χ3v) is 5.92. The van der Waals surface area contributed by atoms with E-state index in [1.165, 1.54) is 6.26 Å². The van der Waals surface area contributed by atoms with Crippen molar-refractivity contribution in [2.45, 2.75) is 49.8 Å². The summed E-state index contributed by atoms with van der Waals surface area (Å²) in [5, 5.41) is -0.427. The minimum absolute atomic E-state index is 0.0213. The largest absolute Gasteiger partial charge is 0.469 e. The molecular weight excluding hydrogens is 290 g/mol. The van der Waals surface area contributed by atoms with E-state index in [1.54, 1.807) is 24.3 Å². The molecule has 0 unspecified atom stereocenters. The summed E-state index contributed by atoms with van der Waals surface area (Å²) in [5.41, 5.74) is 0. The van der Waals surface area contributed by atoms with Crippen LogP contribution in [0.2, 0.25) is 0 Å². The zero-order valence-corrected chi connectivity index (χ0v) is 13.4. The lowest BCUT2D eigenvalue weighted by molar-refractivity contribution is -0.132. The smallest absolute Gasteiger partial charge is 0.223 e. The first-order valence-electron chi connectivity index (χ1n) is 7.36. The van der Waals surface area contributed by atoms with E-state index >= 15 is 0 Å². The first kappa shape index (κ1) is 16.1. The van der Waals surface area contributed by atoms with E-state index in [-0.39, 0.29) is 11.9 Å². The molecule has 0 saturated heterocycles. The normalized spacial score (nSPS) is 23.0. The number of amides is 1. The Morgan fingerprint density at radius 3 is 2.71 bits per heavy atom. The summed E-state index contributed by atoms with van der Waals surface area (Å²) in [6.07, 6.45) is 7.07. The molecule has 0 radical (unpaired) electrons. The minimum atomic E-state index is -3.12. The number of carbonyl (C=O) groups is 1. The molecule has 1 saturated carbocycles. The number of carbonyl (C=O) groups excluding carboxylic acids is 1. The van der Waals surface area contributed by atoms with Gasteiger partial charge in [-0.25, -0.2) is 8.42 Å². The van der Waals surface area contributed by atoms with Crippen molar-refractivity contribution in [1.29, 1.82) is 0 Å². The van der Waals surface area contributed by atoms with Crippen LogP contribution in [0.4, 0.5) is 0 Å². The van der Waals surface area contributed by atoms with Gasteiger partial charge in [0, 0.05) is 32.2 Å². The van der Waals surface area contributed by atoms with Crippen molar-refractivity contribution in [3.8, 4) is 0 Å². The fourth-order valence-electron chi connectivity index (χ4n) is 3.07. The number of rotatable bonds is 5. The van der Waals surface area contributed by atoms with Crippen LogP contribution in [0.25, 0.3) is 0 Å². The van der Waals surface area contributed by atoms with E-state index in [4.69, 9.17) is 4.42 Å². The predicted octanol–water partition coefficient (Wildman–Crippen LogP) is 2.03. The Morgan fingerprint density at radius 1 is 1.38 bits per heavy atom. The number of hydrogen-bond donors (Lipinski definition) is 0. The monoisotopic (exact) mass is 313 g/mol. The molecule has 118 valence electrons. The molecule has 0 aliphatic heterocycles. The summed E-state index contributed by atoms with van der Waals surface area (Å²) >= 11 is 0. The lowest BCUT2D eigenvalue weighted by atomic mass is 9.93. The summed E-state index contributed by atoms with van der Waals surface area (Å²) < 4.78 is 29.0. The van der Waals surface area contributed by atoms with Gasteiger partial charge in [0.1, 0.15) is 5.76 Å². The van der Waals surface area contributed by atoms with Gasteiger partial charge in [0.05, 0.1) is 11.5 Å². The highest BCUT2D eigenvalue weighted by atomic mass is 32.2. The Bertz CT molecular complexity index is 565. The molecule has 0 N–H and O–H groups in total. The van der Waals surface area contributed by atoms with Crippen molar-refractivity contribution < 1.29 is 17.6 Å². The number of nitrogens with zero attached hydrogens (tertiary/aromatic N) is 1. The summed E-state index contributed by atoms with van der Waals surface area (Å²) in [7, 11) is -1.40. The first-order valence-corrected chi connectivity index (χ1v) is 9.32. The number of furan rings is 1. The lowest BCUT2D eigenvalue weighted by Crippen LogP contribution is -2.49. The fraction of sp³-hybridized carbons (Fsp3) is 0.667. The molecule has 1 aromatic rings. The third kappa shape index (κ3) is 4.09. The average Bonchev–Trinajstić information content (AvgIpc) is 2.96. The number of sulfone groups is 1. The molecule has 1 aliphatic carbocycles. The molecule has 0 aromatic carbocycles. The van der Waals surface area contributed by atoms with Crippen LogP contribution in [0.1, 0.15) is 37.9 Å². The van der Waals surface area contributed by atoms with Gasteiger partial charge in [-0.05, 0) is 25.0 Å². The molecule has 1 aliphatic rings. The molecule has 2 atom stereocenters. The van der Waals surface area contributed by atoms with Crippen LogP contribution in [0, 0.1) is 0 Å². The van der Waals surface area contributed by atoms with Crippen molar-refractivity contribution in [2.75, 3.05) is 13.3 Å². The molecule has 21 heavy (non-hydrogen) atoms. The van der Waals surface area contributed by atoms with Gasteiger partial charge in [-0.2, -0.15) is 0 Å². The Morgan fingerprint density at radius 2 is 2.10 bits per heavy atom. The lowest BCUT2D eigenvalue weighted by Gasteiger charge is -2.37. The summed E-state index contributed by atoms with van der Waals surface area (Å²) in [4.78, 5) is 13.9. The molecule has 0 bridgehead atoms. The molecule has 6 heteroatoms.